The van der Waals surface area contributed by atoms with E-state index in [4.69, 9.17) is 9.26 Å². The number of aromatic nitrogens is 2. The highest BCUT2D eigenvalue weighted by atomic mass is 16.5. The Balaban J connectivity index is 1.98. The molecule has 0 amide bonds. The van der Waals surface area contributed by atoms with Crippen LogP contribution in [0.2, 0.25) is 0 Å². The molecule has 2 heterocycles. The maximum absolute atomic E-state index is 11.2. The number of ether oxygens (including phenoxy) is 1. The minimum Gasteiger partial charge on any atom is -0.480 e. The van der Waals surface area contributed by atoms with Gasteiger partial charge in [-0.1, -0.05) is 19.0 Å². The Kier molecular flexibility index (Phi) is 4.94. The van der Waals surface area contributed by atoms with Crippen molar-refractivity contribution in [3.63, 3.8) is 0 Å². The Morgan fingerprint density at radius 3 is 2.75 bits per heavy atom. The molecule has 0 saturated carbocycles. The predicted octanol–water partition coefficient (Wildman–Crippen LogP) is 1.87. The highest BCUT2D eigenvalue weighted by Gasteiger charge is 2.24. The molecule has 1 aromatic heterocycles. The van der Waals surface area contributed by atoms with Crippen LogP contribution < -0.4 is 5.32 Å². The quantitative estimate of drug-likeness (QED) is 0.822. The van der Waals surface area contributed by atoms with Gasteiger partial charge in [-0.3, -0.25) is 0 Å². The Morgan fingerprint density at radius 2 is 2.15 bits per heavy atom. The summed E-state index contributed by atoms with van der Waals surface area (Å²) in [4.78, 5) is 15.4. The maximum Gasteiger partial charge on any atom is 0.326 e. The van der Waals surface area contributed by atoms with Crippen LogP contribution in [0.5, 0.6) is 0 Å². The highest BCUT2D eigenvalue weighted by Crippen LogP contribution is 2.25. The third-order valence-electron chi connectivity index (χ3n) is 3.33. The molecule has 1 saturated heterocycles. The minimum absolute atomic E-state index is 0.180. The molecule has 1 aliphatic rings. The van der Waals surface area contributed by atoms with Crippen LogP contribution >= 0.6 is 0 Å². The third-order valence-corrected chi connectivity index (χ3v) is 3.33. The first-order valence-electron chi connectivity index (χ1n) is 6.97. The lowest BCUT2D eigenvalue weighted by atomic mass is 10.00. The first kappa shape index (κ1) is 14.8. The molecule has 1 aromatic rings. The average Bonchev–Trinajstić information content (AvgIpc) is 2.87. The molecule has 7 heteroatoms. The lowest BCUT2D eigenvalue weighted by Crippen LogP contribution is -2.30. The maximum atomic E-state index is 11.2. The van der Waals surface area contributed by atoms with Crippen LogP contribution in [0.15, 0.2) is 4.52 Å². The summed E-state index contributed by atoms with van der Waals surface area (Å²) in [6, 6.07) is -0.530. The van der Waals surface area contributed by atoms with Crippen molar-refractivity contribution in [2.75, 3.05) is 18.5 Å². The summed E-state index contributed by atoms with van der Waals surface area (Å²) in [6.45, 7) is 5.35. The number of hydrogen-bond acceptors (Lipinski definition) is 6. The second kappa shape index (κ2) is 6.69. The van der Waals surface area contributed by atoms with Crippen molar-refractivity contribution in [2.45, 2.75) is 45.1 Å². The Morgan fingerprint density at radius 1 is 1.45 bits per heavy atom. The Bertz CT molecular complexity index is 441. The smallest absolute Gasteiger partial charge is 0.326 e. The van der Waals surface area contributed by atoms with E-state index in [9.17, 15) is 9.90 Å². The Labute approximate surface area is 117 Å². The number of aliphatic carboxylic acids is 1. The van der Waals surface area contributed by atoms with Gasteiger partial charge < -0.3 is 19.7 Å². The minimum atomic E-state index is -0.912. The standard InChI is InChI=1S/C13H21N3O4/c1-8(2)7-10(12(17)18)14-13-15-11(16-20-13)9-3-5-19-6-4-9/h8-10H,3-7H2,1-2H3,(H,17,18)(H,14,15,16). The van der Waals surface area contributed by atoms with E-state index in [0.717, 1.165) is 12.8 Å². The van der Waals surface area contributed by atoms with Crippen LogP contribution in [0, 0.1) is 5.92 Å². The molecule has 0 aromatic carbocycles. The van der Waals surface area contributed by atoms with Crippen LogP contribution in [-0.4, -0.2) is 40.5 Å². The van der Waals surface area contributed by atoms with Crippen LogP contribution in [0.25, 0.3) is 0 Å². The molecule has 112 valence electrons. The van der Waals surface area contributed by atoms with Gasteiger partial charge in [0.2, 0.25) is 0 Å². The molecule has 0 aliphatic carbocycles. The molecule has 0 bridgehead atoms. The van der Waals surface area contributed by atoms with Gasteiger partial charge in [-0.15, -0.1) is 0 Å². The number of hydrogen-bond donors (Lipinski definition) is 2. The summed E-state index contributed by atoms with van der Waals surface area (Å²) < 4.78 is 10.4. The van der Waals surface area contributed by atoms with Crippen molar-refractivity contribution in [1.29, 1.82) is 0 Å². The largest absolute Gasteiger partial charge is 0.480 e. The van der Waals surface area contributed by atoms with E-state index in [2.05, 4.69) is 15.5 Å². The van der Waals surface area contributed by atoms with Gasteiger partial charge in [-0.2, -0.15) is 4.98 Å². The number of nitrogens with zero attached hydrogens (tertiary/aromatic N) is 2. The fourth-order valence-electron chi connectivity index (χ4n) is 2.26. The molecule has 1 atom stereocenters. The lowest BCUT2D eigenvalue weighted by molar-refractivity contribution is -0.138. The van der Waals surface area contributed by atoms with E-state index in [0.29, 0.717) is 25.5 Å². The molecule has 7 nitrogen and oxygen atoms in total. The summed E-state index contributed by atoms with van der Waals surface area (Å²) >= 11 is 0. The fraction of sp³-hybridized carbons (Fsp3) is 0.769. The van der Waals surface area contributed by atoms with Gasteiger partial charge in [0.05, 0.1) is 0 Å². The average molecular weight is 283 g/mol. The SMILES string of the molecule is CC(C)CC(Nc1nc(C2CCOCC2)no1)C(=O)O. The van der Waals surface area contributed by atoms with E-state index in [1.807, 2.05) is 13.8 Å². The van der Waals surface area contributed by atoms with Gasteiger partial charge in [0, 0.05) is 19.1 Å². The van der Waals surface area contributed by atoms with Crippen LogP contribution in [-0.2, 0) is 9.53 Å². The molecule has 20 heavy (non-hydrogen) atoms. The van der Waals surface area contributed by atoms with Gasteiger partial charge in [-0.25, -0.2) is 4.79 Å². The number of nitrogens with one attached hydrogen (secondary N) is 1. The summed E-state index contributed by atoms with van der Waals surface area (Å²) in [5, 5.41) is 15.9. The van der Waals surface area contributed by atoms with Crippen molar-refractivity contribution >= 4 is 12.0 Å². The van der Waals surface area contributed by atoms with E-state index in [-0.39, 0.29) is 17.9 Å². The molecular weight excluding hydrogens is 262 g/mol. The molecule has 0 radical (unpaired) electrons. The molecule has 2 rings (SSSR count). The van der Waals surface area contributed by atoms with Gasteiger partial charge in [-0.05, 0) is 25.2 Å². The van der Waals surface area contributed by atoms with Crippen LogP contribution in [0.4, 0.5) is 6.01 Å². The Hall–Kier alpha value is -1.63. The van der Waals surface area contributed by atoms with E-state index in [1.165, 1.54) is 0 Å². The van der Waals surface area contributed by atoms with Gasteiger partial charge in [0.25, 0.3) is 0 Å². The van der Waals surface area contributed by atoms with Gasteiger partial charge in [0.15, 0.2) is 5.82 Å². The predicted molar refractivity (Wildman–Crippen MR) is 71.6 cm³/mol. The monoisotopic (exact) mass is 283 g/mol. The van der Waals surface area contributed by atoms with Crippen LogP contribution in [0.1, 0.15) is 44.9 Å². The van der Waals surface area contributed by atoms with Crippen molar-refractivity contribution in [2.24, 2.45) is 5.92 Å². The molecule has 1 fully saturated rings. The zero-order valence-electron chi connectivity index (χ0n) is 11.8. The fourth-order valence-corrected chi connectivity index (χ4v) is 2.26. The zero-order valence-corrected chi connectivity index (χ0v) is 11.8. The number of anilines is 1. The van der Waals surface area contributed by atoms with Crippen molar-refractivity contribution < 1.29 is 19.2 Å². The molecule has 1 unspecified atom stereocenters. The number of carboxylic acid groups (broad SMARTS) is 1. The van der Waals surface area contributed by atoms with Gasteiger partial charge >= 0.3 is 12.0 Å². The van der Waals surface area contributed by atoms with Gasteiger partial charge in [0.1, 0.15) is 6.04 Å². The summed E-state index contributed by atoms with van der Waals surface area (Å²) in [5.74, 6) is 0.215. The third kappa shape index (κ3) is 3.93. The summed E-state index contributed by atoms with van der Waals surface area (Å²) in [5.41, 5.74) is 0. The zero-order chi connectivity index (χ0) is 14.5. The number of carbonyl (C=O) groups is 1. The molecular formula is C13H21N3O4. The van der Waals surface area contributed by atoms with E-state index < -0.39 is 12.0 Å². The van der Waals surface area contributed by atoms with E-state index >= 15 is 0 Å². The molecule has 0 spiro atoms. The number of carboxylic acids is 1. The second-order valence-corrected chi connectivity index (χ2v) is 5.51. The molecule has 2 N–H and O–H groups in total. The first-order chi connectivity index (χ1) is 9.56. The number of rotatable bonds is 6. The summed E-state index contributed by atoms with van der Waals surface area (Å²) in [7, 11) is 0. The van der Waals surface area contributed by atoms with Crippen molar-refractivity contribution in [3.8, 4) is 0 Å². The summed E-state index contributed by atoms with van der Waals surface area (Å²) in [6.07, 6.45) is 2.24. The van der Waals surface area contributed by atoms with E-state index in [1.54, 1.807) is 0 Å². The second-order valence-electron chi connectivity index (χ2n) is 5.51. The van der Waals surface area contributed by atoms with Crippen molar-refractivity contribution in [3.05, 3.63) is 5.82 Å². The topological polar surface area (TPSA) is 97.5 Å². The van der Waals surface area contributed by atoms with Crippen molar-refractivity contribution in [1.82, 2.24) is 10.1 Å². The lowest BCUT2D eigenvalue weighted by Gasteiger charge is -2.18. The van der Waals surface area contributed by atoms with Crippen LogP contribution in [0.3, 0.4) is 0 Å². The normalized spacial score (nSPS) is 18.1. The first-order valence-corrected chi connectivity index (χ1v) is 6.97. The molecule has 1 aliphatic heterocycles. The highest BCUT2D eigenvalue weighted by molar-refractivity contribution is 5.76.